The molecule has 0 radical (unpaired) electrons. The molecular formula is C18H17F3N4. The molecule has 0 aromatic carbocycles. The summed E-state index contributed by atoms with van der Waals surface area (Å²) in [6.07, 6.45) is 2.06. The van der Waals surface area contributed by atoms with E-state index in [0.29, 0.717) is 17.2 Å². The Hall–Kier alpha value is -2.83. The number of alkyl halides is 3. The highest BCUT2D eigenvalue weighted by atomic mass is 19.4. The van der Waals surface area contributed by atoms with Crippen molar-refractivity contribution in [2.24, 2.45) is 4.99 Å². The number of amidine groups is 1. The zero-order chi connectivity index (χ0) is 18.4. The molecule has 1 aromatic heterocycles. The molecule has 0 spiro atoms. The van der Waals surface area contributed by atoms with Crippen LogP contribution in [-0.4, -0.2) is 20.5 Å². The molecule has 0 amide bonds. The molecular weight excluding hydrogens is 329 g/mol. The molecule has 2 aliphatic rings. The quantitative estimate of drug-likeness (QED) is 0.811. The average Bonchev–Trinajstić information content (AvgIpc) is 2.95. The first-order chi connectivity index (χ1) is 11.7. The Morgan fingerprint density at radius 1 is 1.28 bits per heavy atom. The van der Waals surface area contributed by atoms with Gasteiger partial charge in [-0.2, -0.15) is 18.3 Å². The Labute approximate surface area is 143 Å². The van der Waals surface area contributed by atoms with Crippen LogP contribution in [0.4, 0.5) is 13.2 Å². The van der Waals surface area contributed by atoms with Crippen molar-refractivity contribution in [2.45, 2.75) is 26.6 Å². The highest BCUT2D eigenvalue weighted by Gasteiger charge is 2.35. The Balaban J connectivity index is 1.93. The van der Waals surface area contributed by atoms with E-state index in [1.807, 2.05) is 30.9 Å². The van der Waals surface area contributed by atoms with Crippen molar-refractivity contribution in [2.75, 3.05) is 0 Å². The zero-order valence-corrected chi connectivity index (χ0v) is 13.9. The van der Waals surface area contributed by atoms with Gasteiger partial charge in [0.25, 0.3) is 0 Å². The molecule has 3 heterocycles. The summed E-state index contributed by atoms with van der Waals surface area (Å²) in [5.74, 6) is 0.604. The molecule has 0 unspecified atom stereocenters. The van der Waals surface area contributed by atoms with Crippen LogP contribution in [0.25, 0.3) is 0 Å². The van der Waals surface area contributed by atoms with E-state index in [4.69, 9.17) is 0 Å². The molecule has 0 aliphatic carbocycles. The molecule has 25 heavy (non-hydrogen) atoms. The molecule has 0 fully saturated rings. The summed E-state index contributed by atoms with van der Waals surface area (Å²) in [6, 6.07) is 0.948. The minimum absolute atomic E-state index is 0.0862. The maximum atomic E-state index is 13.0. The number of hydrogen-bond donors (Lipinski definition) is 0. The largest absolute Gasteiger partial charge is 0.433 e. The van der Waals surface area contributed by atoms with Crippen molar-refractivity contribution < 1.29 is 13.2 Å². The smallest absolute Gasteiger partial charge is 0.295 e. The van der Waals surface area contributed by atoms with E-state index in [1.165, 1.54) is 0 Å². The highest BCUT2D eigenvalue weighted by molar-refractivity contribution is 5.99. The van der Waals surface area contributed by atoms with Gasteiger partial charge in [0.2, 0.25) is 0 Å². The molecule has 7 heteroatoms. The van der Waals surface area contributed by atoms with Crippen LogP contribution in [0.3, 0.4) is 0 Å². The lowest BCUT2D eigenvalue weighted by Crippen LogP contribution is -2.33. The Morgan fingerprint density at radius 3 is 2.64 bits per heavy atom. The lowest BCUT2D eigenvalue weighted by atomic mass is 10.0. The van der Waals surface area contributed by atoms with Gasteiger partial charge in [-0.1, -0.05) is 19.2 Å². The molecule has 0 N–H and O–H groups in total. The number of aliphatic imine (C=N–C) groups is 1. The second-order valence-corrected chi connectivity index (χ2v) is 5.95. The van der Waals surface area contributed by atoms with E-state index in [0.717, 1.165) is 33.8 Å². The van der Waals surface area contributed by atoms with Crippen LogP contribution in [-0.2, 0) is 12.7 Å². The number of aromatic nitrogens is 2. The van der Waals surface area contributed by atoms with Crippen molar-refractivity contribution in [1.29, 1.82) is 0 Å². The molecule has 0 bridgehead atoms. The SMILES string of the molecule is C=C(C)C1=C(C)C=CC2=NC(Cn3nccc3C(F)(F)F)=CC(=C)N21. The lowest BCUT2D eigenvalue weighted by Gasteiger charge is -2.34. The van der Waals surface area contributed by atoms with Crippen LogP contribution in [0.5, 0.6) is 0 Å². The van der Waals surface area contributed by atoms with Gasteiger partial charge in [0.05, 0.1) is 17.9 Å². The number of rotatable bonds is 3. The predicted octanol–water partition coefficient (Wildman–Crippen LogP) is 4.43. The van der Waals surface area contributed by atoms with Crippen molar-refractivity contribution in [1.82, 2.24) is 14.7 Å². The van der Waals surface area contributed by atoms with Gasteiger partial charge in [-0.3, -0.25) is 9.58 Å². The summed E-state index contributed by atoms with van der Waals surface area (Å²) >= 11 is 0. The van der Waals surface area contributed by atoms with Gasteiger partial charge in [-0.05, 0) is 43.2 Å². The first-order valence-electron chi connectivity index (χ1n) is 7.60. The summed E-state index contributed by atoms with van der Waals surface area (Å²) in [5.41, 5.74) is 3.06. The van der Waals surface area contributed by atoms with Crippen LogP contribution < -0.4 is 0 Å². The Morgan fingerprint density at radius 2 is 2.00 bits per heavy atom. The average molecular weight is 346 g/mol. The van der Waals surface area contributed by atoms with Gasteiger partial charge in [0.1, 0.15) is 11.5 Å². The van der Waals surface area contributed by atoms with Crippen molar-refractivity contribution in [3.63, 3.8) is 0 Å². The third-order valence-electron chi connectivity index (χ3n) is 3.91. The first-order valence-corrected chi connectivity index (χ1v) is 7.60. The molecule has 1 aromatic rings. The van der Waals surface area contributed by atoms with E-state index in [9.17, 15) is 13.2 Å². The van der Waals surface area contributed by atoms with Gasteiger partial charge < -0.3 is 0 Å². The standard InChI is InChI=1S/C18H17F3N4/c1-11(2)17-12(3)5-6-16-23-14(9-13(4)25(16)17)10-24-15(7-8-22-24)18(19,20)21/h5-9H,1,4,10H2,2-3H3. The summed E-state index contributed by atoms with van der Waals surface area (Å²) in [4.78, 5) is 6.33. The summed E-state index contributed by atoms with van der Waals surface area (Å²) in [5, 5.41) is 3.76. The maximum Gasteiger partial charge on any atom is 0.433 e. The number of nitrogens with zero attached hydrogens (tertiary/aromatic N) is 4. The van der Waals surface area contributed by atoms with E-state index >= 15 is 0 Å². The van der Waals surface area contributed by atoms with Crippen LogP contribution in [0.2, 0.25) is 0 Å². The third kappa shape index (κ3) is 3.09. The van der Waals surface area contributed by atoms with Gasteiger partial charge in [0.15, 0.2) is 0 Å². The first kappa shape index (κ1) is 17.0. The highest BCUT2D eigenvalue weighted by Crippen LogP contribution is 2.33. The molecule has 2 aliphatic heterocycles. The zero-order valence-electron chi connectivity index (χ0n) is 13.9. The van der Waals surface area contributed by atoms with Crippen molar-refractivity contribution in [3.05, 3.63) is 77.6 Å². The summed E-state index contributed by atoms with van der Waals surface area (Å²) in [6.45, 7) is 11.8. The Bertz CT molecular complexity index is 878. The predicted molar refractivity (Wildman–Crippen MR) is 90.4 cm³/mol. The van der Waals surface area contributed by atoms with E-state index in [1.54, 1.807) is 6.08 Å². The van der Waals surface area contributed by atoms with Crippen molar-refractivity contribution in [3.8, 4) is 0 Å². The van der Waals surface area contributed by atoms with Crippen molar-refractivity contribution >= 4 is 5.84 Å². The van der Waals surface area contributed by atoms with Gasteiger partial charge >= 0.3 is 6.18 Å². The second-order valence-electron chi connectivity index (χ2n) is 5.95. The minimum atomic E-state index is -4.46. The van der Waals surface area contributed by atoms with Crippen LogP contribution >= 0.6 is 0 Å². The van der Waals surface area contributed by atoms with E-state index < -0.39 is 11.9 Å². The third-order valence-corrected chi connectivity index (χ3v) is 3.91. The van der Waals surface area contributed by atoms with Gasteiger partial charge in [-0.15, -0.1) is 0 Å². The lowest BCUT2D eigenvalue weighted by molar-refractivity contribution is -0.144. The fraction of sp³-hybridized carbons (Fsp3) is 0.222. The van der Waals surface area contributed by atoms with Crippen LogP contribution in [0.1, 0.15) is 19.5 Å². The molecule has 0 saturated carbocycles. The summed E-state index contributed by atoms with van der Waals surface area (Å²) < 4.78 is 39.9. The maximum absolute atomic E-state index is 13.0. The number of halogens is 3. The Kier molecular flexibility index (Phi) is 4.02. The molecule has 130 valence electrons. The molecule has 4 nitrogen and oxygen atoms in total. The molecule has 3 rings (SSSR count). The summed E-state index contributed by atoms with van der Waals surface area (Å²) in [7, 11) is 0. The van der Waals surface area contributed by atoms with Gasteiger partial charge in [0, 0.05) is 11.9 Å². The second kappa shape index (κ2) is 5.91. The normalized spacial score (nSPS) is 17.5. The van der Waals surface area contributed by atoms with Crippen LogP contribution in [0, 0.1) is 0 Å². The topological polar surface area (TPSA) is 33.4 Å². The monoisotopic (exact) mass is 346 g/mol. The minimum Gasteiger partial charge on any atom is -0.295 e. The molecule has 0 saturated heterocycles. The molecule has 0 atom stereocenters. The number of hydrogen-bond acceptors (Lipinski definition) is 3. The number of fused-ring (bicyclic) bond motifs is 1. The fourth-order valence-corrected chi connectivity index (χ4v) is 2.92. The van der Waals surface area contributed by atoms with E-state index in [-0.39, 0.29) is 6.54 Å². The van der Waals surface area contributed by atoms with Crippen LogP contribution in [0.15, 0.2) is 76.9 Å². The fourth-order valence-electron chi connectivity index (χ4n) is 2.92. The van der Waals surface area contributed by atoms with E-state index in [2.05, 4.69) is 23.2 Å². The van der Waals surface area contributed by atoms with Gasteiger partial charge in [-0.25, -0.2) is 4.99 Å². The number of allylic oxidation sites excluding steroid dienone is 5.